The van der Waals surface area contributed by atoms with Crippen LogP contribution in [0.1, 0.15) is 26.3 Å². The number of nitrogens with zero attached hydrogens (tertiary/aromatic N) is 1. The first-order valence-corrected chi connectivity index (χ1v) is 8.56. The standard InChI is InChI=1S/C19H18N2O3.C2H6/c1-12-10-14-16(11-19(12)23-3)20-9-8-17(14)24-18-7-5-4-6-15(18)21-13(2)22;1-2/h4-11H,1-3H3,(H,21,22);1-2H3. The van der Waals surface area contributed by atoms with Crippen molar-refractivity contribution in [3.63, 3.8) is 0 Å². The molecule has 1 aromatic heterocycles. The number of para-hydroxylation sites is 2. The SMILES string of the molecule is CC.COc1cc2nccc(Oc3ccccc3NC(C)=O)c2cc1C. The van der Waals surface area contributed by atoms with Crippen molar-refractivity contribution in [2.24, 2.45) is 0 Å². The molecular formula is C21H24N2O3. The maximum atomic E-state index is 11.4. The summed E-state index contributed by atoms with van der Waals surface area (Å²) in [5.74, 6) is 1.88. The molecule has 0 radical (unpaired) electrons. The fraction of sp³-hybridized carbons (Fsp3) is 0.238. The second-order valence-corrected chi connectivity index (χ2v) is 5.43. The van der Waals surface area contributed by atoms with Gasteiger partial charge >= 0.3 is 0 Å². The minimum absolute atomic E-state index is 0.147. The number of nitrogens with one attached hydrogen (secondary N) is 1. The van der Waals surface area contributed by atoms with Crippen LogP contribution in [0.5, 0.6) is 17.2 Å². The van der Waals surface area contributed by atoms with Gasteiger partial charge in [0.2, 0.25) is 5.91 Å². The molecule has 1 heterocycles. The lowest BCUT2D eigenvalue weighted by atomic mass is 10.1. The first kappa shape index (κ1) is 19.2. The molecule has 0 fully saturated rings. The Morgan fingerprint density at radius 1 is 1.04 bits per heavy atom. The van der Waals surface area contributed by atoms with Crippen LogP contribution in [0, 0.1) is 6.92 Å². The molecule has 0 aliphatic rings. The zero-order valence-corrected chi connectivity index (χ0v) is 15.8. The van der Waals surface area contributed by atoms with E-state index in [9.17, 15) is 4.79 Å². The van der Waals surface area contributed by atoms with E-state index in [1.807, 2.05) is 51.1 Å². The van der Waals surface area contributed by atoms with Crippen molar-refractivity contribution in [1.29, 1.82) is 0 Å². The molecule has 0 atom stereocenters. The highest BCUT2D eigenvalue weighted by Gasteiger charge is 2.11. The summed E-state index contributed by atoms with van der Waals surface area (Å²) < 4.78 is 11.4. The Balaban J connectivity index is 0.00000117. The summed E-state index contributed by atoms with van der Waals surface area (Å²) in [6.45, 7) is 7.44. The van der Waals surface area contributed by atoms with Gasteiger partial charge in [0, 0.05) is 24.6 Å². The minimum atomic E-state index is -0.147. The van der Waals surface area contributed by atoms with Gasteiger partial charge in [0.1, 0.15) is 11.5 Å². The first-order valence-electron chi connectivity index (χ1n) is 8.56. The van der Waals surface area contributed by atoms with Crippen molar-refractivity contribution in [3.05, 3.63) is 54.2 Å². The molecule has 1 N–H and O–H groups in total. The van der Waals surface area contributed by atoms with E-state index in [2.05, 4.69) is 10.3 Å². The van der Waals surface area contributed by atoms with Gasteiger partial charge in [-0.05, 0) is 36.8 Å². The monoisotopic (exact) mass is 352 g/mol. The molecule has 5 nitrogen and oxygen atoms in total. The van der Waals surface area contributed by atoms with Gasteiger partial charge in [-0.1, -0.05) is 26.0 Å². The van der Waals surface area contributed by atoms with E-state index in [0.717, 1.165) is 22.2 Å². The molecule has 3 rings (SSSR count). The summed E-state index contributed by atoms with van der Waals surface area (Å²) in [5.41, 5.74) is 2.41. The van der Waals surface area contributed by atoms with E-state index in [1.165, 1.54) is 6.92 Å². The summed E-state index contributed by atoms with van der Waals surface area (Å²) in [5, 5.41) is 3.65. The quantitative estimate of drug-likeness (QED) is 0.689. The smallest absolute Gasteiger partial charge is 0.221 e. The van der Waals surface area contributed by atoms with Gasteiger partial charge in [0.25, 0.3) is 0 Å². The largest absolute Gasteiger partial charge is 0.496 e. The van der Waals surface area contributed by atoms with Gasteiger partial charge in [0.15, 0.2) is 5.75 Å². The number of hydrogen-bond donors (Lipinski definition) is 1. The Bertz CT molecular complexity index is 907. The average Bonchev–Trinajstić information content (AvgIpc) is 2.64. The highest BCUT2D eigenvalue weighted by molar-refractivity contribution is 5.91. The number of methoxy groups -OCH3 is 1. The molecule has 0 saturated heterocycles. The number of carbonyl (C=O) groups excluding carboxylic acids is 1. The number of fused-ring (bicyclic) bond motifs is 1. The number of hydrogen-bond acceptors (Lipinski definition) is 4. The Labute approximate surface area is 154 Å². The number of aryl methyl sites for hydroxylation is 1. The maximum absolute atomic E-state index is 11.4. The molecule has 0 aliphatic heterocycles. The number of ether oxygens (including phenoxy) is 2. The Kier molecular flexibility index (Phi) is 6.55. The zero-order valence-electron chi connectivity index (χ0n) is 15.8. The highest BCUT2D eigenvalue weighted by Crippen LogP contribution is 2.35. The van der Waals surface area contributed by atoms with Crippen molar-refractivity contribution in [2.45, 2.75) is 27.7 Å². The number of rotatable bonds is 4. The fourth-order valence-corrected chi connectivity index (χ4v) is 2.53. The number of carbonyl (C=O) groups is 1. The molecule has 2 aromatic carbocycles. The molecule has 26 heavy (non-hydrogen) atoms. The van der Waals surface area contributed by atoms with Crippen LogP contribution in [-0.2, 0) is 4.79 Å². The highest BCUT2D eigenvalue weighted by atomic mass is 16.5. The van der Waals surface area contributed by atoms with Crippen LogP contribution in [0.15, 0.2) is 48.7 Å². The van der Waals surface area contributed by atoms with Crippen molar-refractivity contribution in [2.75, 3.05) is 12.4 Å². The summed E-state index contributed by atoms with van der Waals surface area (Å²) in [6, 6.07) is 13.0. The third kappa shape index (κ3) is 4.30. The van der Waals surface area contributed by atoms with Crippen LogP contribution < -0.4 is 14.8 Å². The van der Waals surface area contributed by atoms with Crippen molar-refractivity contribution in [1.82, 2.24) is 4.98 Å². The third-order valence-electron chi connectivity index (χ3n) is 3.64. The van der Waals surface area contributed by atoms with Crippen molar-refractivity contribution in [3.8, 4) is 17.2 Å². The van der Waals surface area contributed by atoms with E-state index in [-0.39, 0.29) is 5.91 Å². The molecule has 0 spiro atoms. The topological polar surface area (TPSA) is 60.5 Å². The molecule has 136 valence electrons. The van der Waals surface area contributed by atoms with Crippen LogP contribution >= 0.6 is 0 Å². The first-order chi connectivity index (χ1) is 12.6. The second-order valence-electron chi connectivity index (χ2n) is 5.43. The lowest BCUT2D eigenvalue weighted by molar-refractivity contribution is -0.114. The van der Waals surface area contributed by atoms with E-state index < -0.39 is 0 Å². The van der Waals surface area contributed by atoms with E-state index >= 15 is 0 Å². The van der Waals surface area contributed by atoms with Crippen LogP contribution in [0.2, 0.25) is 0 Å². The predicted octanol–water partition coefficient (Wildman–Crippen LogP) is 5.33. The Morgan fingerprint density at radius 2 is 1.77 bits per heavy atom. The molecule has 0 aliphatic carbocycles. The number of aromatic nitrogens is 1. The minimum Gasteiger partial charge on any atom is -0.496 e. The van der Waals surface area contributed by atoms with Crippen LogP contribution in [0.4, 0.5) is 5.69 Å². The van der Waals surface area contributed by atoms with Gasteiger partial charge < -0.3 is 14.8 Å². The van der Waals surface area contributed by atoms with Crippen LogP contribution in [0.25, 0.3) is 10.9 Å². The van der Waals surface area contributed by atoms with Gasteiger partial charge in [-0.15, -0.1) is 0 Å². The van der Waals surface area contributed by atoms with E-state index in [4.69, 9.17) is 9.47 Å². The van der Waals surface area contributed by atoms with Crippen LogP contribution in [-0.4, -0.2) is 18.0 Å². The average molecular weight is 352 g/mol. The molecule has 1 amide bonds. The van der Waals surface area contributed by atoms with Crippen molar-refractivity contribution >= 4 is 22.5 Å². The van der Waals surface area contributed by atoms with Gasteiger partial charge in [-0.2, -0.15) is 0 Å². The van der Waals surface area contributed by atoms with Gasteiger partial charge in [-0.25, -0.2) is 0 Å². The summed E-state index contributed by atoms with van der Waals surface area (Å²) in [7, 11) is 1.64. The van der Waals surface area contributed by atoms with E-state index in [0.29, 0.717) is 17.2 Å². The molecule has 0 unspecified atom stereocenters. The lowest BCUT2D eigenvalue weighted by Gasteiger charge is -2.14. The normalized spacial score (nSPS) is 9.88. The van der Waals surface area contributed by atoms with Gasteiger partial charge in [0.05, 0.1) is 18.3 Å². The Morgan fingerprint density at radius 3 is 2.46 bits per heavy atom. The molecule has 5 heteroatoms. The fourth-order valence-electron chi connectivity index (χ4n) is 2.53. The molecule has 0 bridgehead atoms. The summed E-state index contributed by atoms with van der Waals surface area (Å²) >= 11 is 0. The zero-order chi connectivity index (χ0) is 19.1. The Hall–Kier alpha value is -3.08. The van der Waals surface area contributed by atoms with Crippen molar-refractivity contribution < 1.29 is 14.3 Å². The number of anilines is 1. The second kappa shape index (κ2) is 8.85. The van der Waals surface area contributed by atoms with Gasteiger partial charge in [-0.3, -0.25) is 9.78 Å². The van der Waals surface area contributed by atoms with E-state index in [1.54, 1.807) is 25.4 Å². The predicted molar refractivity (Wildman–Crippen MR) is 105 cm³/mol. The molecular weight excluding hydrogens is 328 g/mol. The number of benzene rings is 2. The summed E-state index contributed by atoms with van der Waals surface area (Å²) in [4.78, 5) is 15.7. The molecule has 3 aromatic rings. The maximum Gasteiger partial charge on any atom is 0.221 e. The number of amides is 1. The molecule has 0 saturated carbocycles. The van der Waals surface area contributed by atoms with Crippen LogP contribution in [0.3, 0.4) is 0 Å². The third-order valence-corrected chi connectivity index (χ3v) is 3.64. The number of pyridine rings is 1. The summed E-state index contributed by atoms with van der Waals surface area (Å²) in [6.07, 6.45) is 1.69. The lowest BCUT2D eigenvalue weighted by Crippen LogP contribution is -2.06.